The summed E-state index contributed by atoms with van der Waals surface area (Å²) in [6.07, 6.45) is 6.02. The van der Waals surface area contributed by atoms with Gasteiger partial charge in [0.1, 0.15) is 11.6 Å². The molecule has 1 aromatic carbocycles. The minimum absolute atomic E-state index is 0.256. The monoisotopic (exact) mass is 362 g/mol. The summed E-state index contributed by atoms with van der Waals surface area (Å²) in [6.45, 7) is 1.79. The molecule has 0 saturated carbocycles. The molecule has 0 atom stereocenters. The number of allylic oxidation sites excluding steroid dienone is 1. The predicted molar refractivity (Wildman–Crippen MR) is 105 cm³/mol. The van der Waals surface area contributed by atoms with Crippen LogP contribution in [0.25, 0.3) is 0 Å². The van der Waals surface area contributed by atoms with E-state index in [1.54, 1.807) is 49.5 Å². The first-order valence-electron chi connectivity index (χ1n) is 8.12. The van der Waals surface area contributed by atoms with Gasteiger partial charge in [0.05, 0.1) is 6.26 Å². The first kappa shape index (κ1) is 17.9. The molecule has 0 fully saturated rings. The lowest BCUT2D eigenvalue weighted by Crippen LogP contribution is -2.10. The maximum atomic E-state index is 12.0. The number of furan rings is 1. The third-order valence-electron chi connectivity index (χ3n) is 3.39. The highest BCUT2D eigenvalue weighted by molar-refractivity contribution is 6.02. The number of hydrogen-bond acceptors (Lipinski definition) is 7. The summed E-state index contributed by atoms with van der Waals surface area (Å²) in [6, 6.07) is 12.2. The van der Waals surface area contributed by atoms with Crippen molar-refractivity contribution in [1.29, 1.82) is 0 Å². The van der Waals surface area contributed by atoms with Crippen molar-refractivity contribution in [2.24, 2.45) is 10.7 Å². The normalized spacial score (nSPS) is 11.1. The Bertz CT molecular complexity index is 962. The van der Waals surface area contributed by atoms with Crippen LogP contribution in [0.5, 0.6) is 0 Å². The fourth-order valence-electron chi connectivity index (χ4n) is 2.24. The van der Waals surface area contributed by atoms with Crippen LogP contribution in [0.15, 0.2) is 70.4 Å². The molecule has 3 rings (SSSR count). The van der Waals surface area contributed by atoms with Gasteiger partial charge < -0.3 is 20.8 Å². The number of hydrogen-bond donors (Lipinski definition) is 3. The van der Waals surface area contributed by atoms with Gasteiger partial charge in [-0.2, -0.15) is 0 Å². The molecule has 0 aliphatic heterocycles. The molecule has 8 heteroatoms. The lowest BCUT2D eigenvalue weighted by atomic mass is 10.2. The third kappa shape index (κ3) is 5.02. The zero-order valence-electron chi connectivity index (χ0n) is 14.6. The SMILES string of the molecule is Cc1nc(N=C/C=C\N)cc(Nc2ccc(NC(=O)c3ccco3)cc2)n1. The number of nitrogens with zero attached hydrogens (tertiary/aromatic N) is 3. The molecule has 0 saturated heterocycles. The van der Waals surface area contributed by atoms with Crippen molar-refractivity contribution in [2.75, 3.05) is 10.6 Å². The van der Waals surface area contributed by atoms with Crippen LogP contribution in [-0.2, 0) is 0 Å². The van der Waals surface area contributed by atoms with E-state index in [9.17, 15) is 4.79 Å². The highest BCUT2D eigenvalue weighted by Crippen LogP contribution is 2.21. The number of benzene rings is 1. The molecular formula is C19H18N6O2. The largest absolute Gasteiger partial charge is 0.459 e. The second-order valence-electron chi connectivity index (χ2n) is 5.46. The maximum Gasteiger partial charge on any atom is 0.291 e. The Morgan fingerprint density at radius 3 is 2.67 bits per heavy atom. The number of aliphatic imine (C=N–C) groups is 1. The Morgan fingerprint density at radius 1 is 1.19 bits per heavy atom. The van der Waals surface area contributed by atoms with Crippen molar-refractivity contribution in [3.05, 3.63) is 72.6 Å². The highest BCUT2D eigenvalue weighted by atomic mass is 16.3. The van der Waals surface area contributed by atoms with Crippen LogP contribution in [0.4, 0.5) is 23.0 Å². The minimum atomic E-state index is -0.304. The minimum Gasteiger partial charge on any atom is -0.459 e. The average molecular weight is 362 g/mol. The second kappa shape index (κ2) is 8.43. The molecule has 2 heterocycles. The Labute approximate surface area is 155 Å². The van der Waals surface area contributed by atoms with Crippen molar-refractivity contribution >= 4 is 35.1 Å². The Balaban J connectivity index is 1.68. The maximum absolute atomic E-state index is 12.0. The van der Waals surface area contributed by atoms with Crippen molar-refractivity contribution in [3.8, 4) is 0 Å². The van der Waals surface area contributed by atoms with Crippen molar-refractivity contribution < 1.29 is 9.21 Å². The molecule has 136 valence electrons. The van der Waals surface area contributed by atoms with Crippen molar-refractivity contribution in [1.82, 2.24) is 9.97 Å². The fourth-order valence-corrected chi connectivity index (χ4v) is 2.24. The number of nitrogens with two attached hydrogens (primary N) is 1. The lowest BCUT2D eigenvalue weighted by Gasteiger charge is -2.08. The average Bonchev–Trinajstić information content (AvgIpc) is 3.18. The molecule has 2 aromatic heterocycles. The van der Waals surface area contributed by atoms with Gasteiger partial charge in [-0.15, -0.1) is 0 Å². The molecule has 4 N–H and O–H groups in total. The van der Waals surface area contributed by atoms with Crippen LogP contribution < -0.4 is 16.4 Å². The molecule has 0 aliphatic rings. The number of carbonyl (C=O) groups excluding carboxylic acids is 1. The Kier molecular flexibility index (Phi) is 5.58. The van der Waals surface area contributed by atoms with E-state index < -0.39 is 0 Å². The Hall–Kier alpha value is -3.94. The van der Waals surface area contributed by atoms with Crippen LogP contribution in [0.3, 0.4) is 0 Å². The van der Waals surface area contributed by atoms with Crippen molar-refractivity contribution in [2.45, 2.75) is 6.92 Å². The molecule has 0 spiro atoms. The van der Waals surface area contributed by atoms with Gasteiger partial charge in [-0.1, -0.05) is 0 Å². The van der Waals surface area contributed by atoms with E-state index in [4.69, 9.17) is 10.2 Å². The highest BCUT2D eigenvalue weighted by Gasteiger charge is 2.08. The fraction of sp³-hybridized carbons (Fsp3) is 0.0526. The first-order valence-corrected chi connectivity index (χ1v) is 8.12. The van der Waals surface area contributed by atoms with Crippen LogP contribution in [0, 0.1) is 6.92 Å². The summed E-state index contributed by atoms with van der Waals surface area (Å²) in [4.78, 5) is 24.7. The number of anilines is 3. The van der Waals surface area contributed by atoms with E-state index in [1.807, 2.05) is 12.1 Å². The number of amides is 1. The summed E-state index contributed by atoms with van der Waals surface area (Å²) >= 11 is 0. The molecule has 8 nitrogen and oxygen atoms in total. The van der Waals surface area contributed by atoms with Gasteiger partial charge in [-0.3, -0.25) is 4.79 Å². The third-order valence-corrected chi connectivity index (χ3v) is 3.39. The number of carbonyl (C=O) groups is 1. The second-order valence-corrected chi connectivity index (χ2v) is 5.46. The van der Waals surface area contributed by atoms with Gasteiger partial charge in [-0.05, 0) is 55.6 Å². The topological polar surface area (TPSA) is 118 Å². The molecule has 0 unspecified atom stereocenters. The number of aromatic nitrogens is 2. The summed E-state index contributed by atoms with van der Waals surface area (Å²) in [5, 5.41) is 5.95. The van der Waals surface area contributed by atoms with Gasteiger partial charge in [-0.25, -0.2) is 15.0 Å². The van der Waals surface area contributed by atoms with Crippen molar-refractivity contribution in [3.63, 3.8) is 0 Å². The number of rotatable bonds is 6. The summed E-state index contributed by atoms with van der Waals surface area (Å²) in [7, 11) is 0. The van der Waals surface area contributed by atoms with E-state index in [0.29, 0.717) is 23.1 Å². The van der Waals surface area contributed by atoms with Gasteiger partial charge in [0.2, 0.25) is 0 Å². The molecular weight excluding hydrogens is 344 g/mol. The molecule has 1 amide bonds. The van der Waals surface area contributed by atoms with Crippen LogP contribution in [-0.4, -0.2) is 22.1 Å². The quantitative estimate of drug-likeness (QED) is 0.577. The predicted octanol–water partition coefficient (Wildman–Crippen LogP) is 3.55. The van der Waals surface area contributed by atoms with E-state index in [2.05, 4.69) is 25.6 Å². The standard InChI is InChI=1S/C19H18N6O2/c1-13-22-17(21-10-3-9-20)12-18(23-13)24-14-5-7-15(8-6-14)25-19(26)16-4-2-11-27-16/h2-12H,20H2,1H3,(H,25,26)(H,22,23,24)/b9-3-,21-10?. The van der Waals surface area contributed by atoms with Crippen LogP contribution >= 0.6 is 0 Å². The lowest BCUT2D eigenvalue weighted by molar-refractivity contribution is 0.0996. The van der Waals surface area contributed by atoms with E-state index in [0.717, 1.165) is 5.69 Å². The summed E-state index contributed by atoms with van der Waals surface area (Å²) in [5.41, 5.74) is 6.73. The molecule has 27 heavy (non-hydrogen) atoms. The number of aryl methyl sites for hydroxylation is 1. The molecule has 0 aliphatic carbocycles. The van der Waals surface area contributed by atoms with Crippen LogP contribution in [0.1, 0.15) is 16.4 Å². The number of nitrogens with one attached hydrogen (secondary N) is 2. The smallest absolute Gasteiger partial charge is 0.291 e. The van der Waals surface area contributed by atoms with E-state index in [-0.39, 0.29) is 11.7 Å². The summed E-state index contributed by atoms with van der Waals surface area (Å²) in [5.74, 6) is 1.67. The molecule has 0 radical (unpaired) electrons. The van der Waals surface area contributed by atoms with Gasteiger partial charge in [0.15, 0.2) is 11.6 Å². The molecule has 0 bridgehead atoms. The zero-order valence-corrected chi connectivity index (χ0v) is 14.6. The Morgan fingerprint density at radius 2 is 1.96 bits per heavy atom. The summed E-state index contributed by atoms with van der Waals surface area (Å²) < 4.78 is 5.07. The van der Waals surface area contributed by atoms with E-state index in [1.165, 1.54) is 12.5 Å². The first-order chi connectivity index (χ1) is 13.1. The van der Waals surface area contributed by atoms with Gasteiger partial charge >= 0.3 is 0 Å². The molecule has 3 aromatic rings. The zero-order chi connectivity index (χ0) is 19.1. The van der Waals surface area contributed by atoms with Gasteiger partial charge in [0.25, 0.3) is 5.91 Å². The van der Waals surface area contributed by atoms with Crippen LogP contribution in [0.2, 0.25) is 0 Å². The van der Waals surface area contributed by atoms with Gasteiger partial charge in [0, 0.05) is 23.7 Å². The van der Waals surface area contributed by atoms with E-state index >= 15 is 0 Å².